The minimum absolute atomic E-state index is 0.167. The average Bonchev–Trinajstić information content (AvgIpc) is 3.27. The second-order valence-corrected chi connectivity index (χ2v) is 24.3. The van der Waals surface area contributed by atoms with Crippen molar-refractivity contribution < 1.29 is 23.4 Å². The highest BCUT2D eigenvalue weighted by molar-refractivity contribution is 6.84. The van der Waals surface area contributed by atoms with Gasteiger partial charge in [-0.1, -0.05) is 90.2 Å². The summed E-state index contributed by atoms with van der Waals surface area (Å²) in [6.45, 7) is 28.1. The lowest BCUT2D eigenvalue weighted by Gasteiger charge is -2.36. The summed E-state index contributed by atoms with van der Waals surface area (Å²) in [4.78, 5) is 4.76. The summed E-state index contributed by atoms with van der Waals surface area (Å²) >= 11 is 0. The Morgan fingerprint density at radius 3 is 2.25 bits per heavy atom. The van der Waals surface area contributed by atoms with Crippen LogP contribution in [0.4, 0.5) is 0 Å². The van der Waals surface area contributed by atoms with E-state index in [0.29, 0.717) is 47.4 Å². The first kappa shape index (κ1) is 38.0. The lowest BCUT2D eigenvalue weighted by molar-refractivity contribution is 0.0197. The van der Waals surface area contributed by atoms with Gasteiger partial charge in [-0.05, 0) is 62.0 Å². The van der Waals surface area contributed by atoms with Crippen molar-refractivity contribution in [2.75, 3.05) is 27.6 Å². The van der Waals surface area contributed by atoms with Crippen LogP contribution in [0.2, 0.25) is 36.8 Å². The van der Waals surface area contributed by atoms with Gasteiger partial charge in [0.15, 0.2) is 12.5 Å². The van der Waals surface area contributed by atoms with Crippen LogP contribution in [-0.2, 0) is 15.6 Å². The number of ether oxygens (including phenoxy) is 4. The number of methoxy groups -OCH3 is 2. The van der Waals surface area contributed by atoms with Gasteiger partial charge in [-0.15, -0.1) is 0 Å². The van der Waals surface area contributed by atoms with Crippen molar-refractivity contribution in [1.82, 2.24) is 4.98 Å². The minimum atomic E-state index is -2.11. The van der Waals surface area contributed by atoms with Crippen LogP contribution in [0.25, 0.3) is 0 Å². The number of pyridine rings is 1. The van der Waals surface area contributed by atoms with Gasteiger partial charge in [0.1, 0.15) is 0 Å². The maximum atomic E-state index is 7.04. The molecule has 0 unspecified atom stereocenters. The topological polar surface area (TPSA) is 59.0 Å². The predicted molar refractivity (Wildman–Crippen MR) is 190 cm³/mol. The fraction of sp³-hybridized carbons (Fsp3) is 0.639. The van der Waals surface area contributed by atoms with E-state index in [1.165, 1.54) is 16.3 Å². The third-order valence-corrected chi connectivity index (χ3v) is 16.2. The number of allylic oxidation sites excluding steroid dienone is 6. The zero-order valence-electron chi connectivity index (χ0n) is 30.2. The lowest BCUT2D eigenvalue weighted by atomic mass is 9.97. The molecule has 2 heterocycles. The normalized spacial score (nSPS) is 20.4. The van der Waals surface area contributed by atoms with Crippen molar-refractivity contribution in [2.24, 2.45) is 5.92 Å². The quantitative estimate of drug-likeness (QED) is 0.0774. The molecule has 6 nitrogen and oxygen atoms in total. The standard InChI is InChI=1S/C36H61NO5Si2/c1-15-28(7)33-30(9)32(44(42-33,25(2)3)26(4)5)19-17-16-18-27(6)20-21-31-29(8)34(35(38-10)36(37-31)39-11)41-24-40-22-23-43(12,13)14/h15-17,19-20,25-26,30,33H,18,21-24H2,1-14H3/b17-16+,27-20+,28-15+,32-19-/t30-,33+/m1/s1. The van der Waals surface area contributed by atoms with Gasteiger partial charge in [-0.2, -0.15) is 0 Å². The molecule has 0 spiro atoms. The Bertz CT molecular complexity index is 1200. The summed E-state index contributed by atoms with van der Waals surface area (Å²) in [5, 5.41) is 1.54. The van der Waals surface area contributed by atoms with Gasteiger partial charge in [0.2, 0.25) is 14.1 Å². The van der Waals surface area contributed by atoms with Crippen LogP contribution >= 0.6 is 0 Å². The number of hydrogen-bond donors (Lipinski definition) is 0. The maximum Gasteiger partial charge on any atom is 0.261 e. The smallest absolute Gasteiger partial charge is 0.261 e. The largest absolute Gasteiger partial charge is 0.489 e. The summed E-state index contributed by atoms with van der Waals surface area (Å²) in [5.41, 5.74) is 5.49. The zero-order valence-corrected chi connectivity index (χ0v) is 32.2. The third-order valence-electron chi connectivity index (χ3n) is 8.92. The minimum Gasteiger partial charge on any atom is -0.489 e. The van der Waals surface area contributed by atoms with Crippen LogP contribution in [0.5, 0.6) is 17.4 Å². The van der Waals surface area contributed by atoms with Crippen LogP contribution < -0.4 is 14.2 Å². The highest BCUT2D eigenvalue weighted by atomic mass is 28.4. The van der Waals surface area contributed by atoms with Crippen LogP contribution in [0, 0.1) is 12.8 Å². The molecule has 1 aliphatic rings. The molecule has 2 rings (SSSR count). The van der Waals surface area contributed by atoms with Crippen molar-refractivity contribution in [3.63, 3.8) is 0 Å². The molecule has 1 aromatic rings. The fourth-order valence-electron chi connectivity index (χ4n) is 6.10. The van der Waals surface area contributed by atoms with E-state index in [1.54, 1.807) is 14.2 Å². The Hall–Kier alpha value is -2.14. The average molecular weight is 644 g/mol. The molecule has 0 radical (unpaired) electrons. The van der Waals surface area contributed by atoms with Gasteiger partial charge in [-0.3, -0.25) is 0 Å². The molecule has 1 aliphatic heterocycles. The molecule has 44 heavy (non-hydrogen) atoms. The Labute approximate surface area is 271 Å². The van der Waals surface area contributed by atoms with Crippen molar-refractivity contribution in [3.8, 4) is 17.4 Å². The van der Waals surface area contributed by atoms with Crippen LogP contribution in [0.15, 0.2) is 46.7 Å². The van der Waals surface area contributed by atoms with Crippen molar-refractivity contribution in [2.45, 2.75) is 118 Å². The van der Waals surface area contributed by atoms with E-state index in [2.05, 4.69) is 105 Å². The van der Waals surface area contributed by atoms with E-state index in [9.17, 15) is 0 Å². The van der Waals surface area contributed by atoms with E-state index in [0.717, 1.165) is 23.7 Å². The van der Waals surface area contributed by atoms with Gasteiger partial charge in [0.25, 0.3) is 5.88 Å². The second-order valence-electron chi connectivity index (χ2n) is 14.0. The van der Waals surface area contributed by atoms with Crippen molar-refractivity contribution in [3.05, 3.63) is 58.0 Å². The molecule has 0 aromatic carbocycles. The number of aromatic nitrogens is 1. The predicted octanol–water partition coefficient (Wildman–Crippen LogP) is 9.77. The van der Waals surface area contributed by atoms with Gasteiger partial charge in [0.05, 0.1) is 26.0 Å². The number of hydrogen-bond acceptors (Lipinski definition) is 6. The Morgan fingerprint density at radius 1 is 1.05 bits per heavy atom. The van der Waals surface area contributed by atoms with Crippen molar-refractivity contribution >= 4 is 16.4 Å². The molecule has 0 saturated carbocycles. The molecule has 0 N–H and O–H groups in total. The van der Waals surface area contributed by atoms with Gasteiger partial charge >= 0.3 is 0 Å². The molecular formula is C36H61NO5Si2. The molecule has 1 saturated heterocycles. The van der Waals surface area contributed by atoms with E-state index in [1.807, 2.05) is 6.92 Å². The molecule has 248 valence electrons. The van der Waals surface area contributed by atoms with Crippen molar-refractivity contribution in [1.29, 1.82) is 0 Å². The lowest BCUT2D eigenvalue weighted by Crippen LogP contribution is -2.44. The molecular weight excluding hydrogens is 583 g/mol. The van der Waals surface area contributed by atoms with Gasteiger partial charge in [0, 0.05) is 32.6 Å². The Kier molecular flexibility index (Phi) is 14.7. The second kappa shape index (κ2) is 17.0. The van der Waals surface area contributed by atoms with E-state index >= 15 is 0 Å². The molecule has 8 heteroatoms. The van der Waals surface area contributed by atoms with Crippen LogP contribution in [-0.4, -0.2) is 55.1 Å². The molecule has 1 aromatic heterocycles. The maximum absolute atomic E-state index is 7.04. The molecule has 1 fully saturated rings. The van der Waals surface area contributed by atoms with Crippen LogP contribution in [0.3, 0.4) is 0 Å². The fourth-order valence-corrected chi connectivity index (χ4v) is 12.2. The first-order chi connectivity index (χ1) is 20.6. The molecule has 0 amide bonds. The molecule has 0 aliphatic carbocycles. The monoisotopic (exact) mass is 643 g/mol. The third kappa shape index (κ3) is 9.44. The number of nitrogens with zero attached hydrogens (tertiary/aromatic N) is 1. The summed E-state index contributed by atoms with van der Waals surface area (Å²) in [7, 11) is -0.0542. The summed E-state index contributed by atoms with van der Waals surface area (Å²) in [5.74, 6) is 1.94. The highest BCUT2D eigenvalue weighted by Gasteiger charge is 2.55. The molecule has 2 atom stereocenters. The summed E-state index contributed by atoms with van der Waals surface area (Å²) in [6.07, 6.45) is 13.1. The number of rotatable bonds is 16. The van der Waals surface area contributed by atoms with Gasteiger partial charge in [-0.25, -0.2) is 4.98 Å². The van der Waals surface area contributed by atoms with Gasteiger partial charge < -0.3 is 23.4 Å². The first-order valence-corrected chi connectivity index (χ1v) is 22.1. The summed E-state index contributed by atoms with van der Waals surface area (Å²) in [6, 6.07) is 1.09. The Balaban J connectivity index is 2.21. The zero-order chi connectivity index (χ0) is 33.2. The Morgan fingerprint density at radius 2 is 1.70 bits per heavy atom. The SMILES string of the molecule is C/C=C(\C)[C@@H]1O[Si](C(C)C)(C(C)C)/C(=C\C=C\C/C(C)=C/Cc2nc(OC)c(OC)c(OCOCC[Si](C)(C)C)c2C)[C@H]1C. The first-order valence-electron chi connectivity index (χ1n) is 16.3. The van der Waals surface area contributed by atoms with E-state index in [-0.39, 0.29) is 12.9 Å². The van der Waals surface area contributed by atoms with E-state index < -0.39 is 16.4 Å². The summed E-state index contributed by atoms with van der Waals surface area (Å²) < 4.78 is 30.1. The van der Waals surface area contributed by atoms with E-state index in [4.69, 9.17) is 28.4 Å². The van der Waals surface area contributed by atoms with Crippen LogP contribution in [0.1, 0.15) is 73.1 Å². The molecule has 0 bridgehead atoms. The highest BCUT2D eigenvalue weighted by Crippen LogP contribution is 2.51.